The average molecular weight is 452 g/mol. The summed E-state index contributed by atoms with van der Waals surface area (Å²) >= 11 is 1.37. The molecule has 32 heavy (non-hydrogen) atoms. The standard InChI is InChI=1S/C24H26FN5OS/c1-2-18-5-3-4-6-21(18)26-23(31)17-32-24-12-11-22(27-28-24)30-15-13-29(14-16-30)20-9-7-19(25)8-10-20/h3-12H,2,13-17H2,1H3,(H,26,31). The number of nitrogens with zero attached hydrogens (tertiary/aromatic N) is 4. The van der Waals surface area contributed by atoms with Crippen molar-refractivity contribution >= 4 is 34.9 Å². The highest BCUT2D eigenvalue weighted by molar-refractivity contribution is 7.99. The molecule has 8 heteroatoms. The number of nitrogens with one attached hydrogen (secondary N) is 1. The Labute approximate surface area is 191 Å². The maximum Gasteiger partial charge on any atom is 0.234 e. The molecule has 0 aliphatic carbocycles. The normalized spacial score (nSPS) is 13.8. The van der Waals surface area contributed by atoms with Crippen LogP contribution in [0.2, 0.25) is 0 Å². The van der Waals surface area contributed by atoms with Crippen molar-refractivity contribution in [1.82, 2.24) is 10.2 Å². The van der Waals surface area contributed by atoms with E-state index in [1.807, 2.05) is 48.5 Å². The van der Waals surface area contributed by atoms with Gasteiger partial charge in [0.2, 0.25) is 5.91 Å². The number of rotatable bonds is 7. The summed E-state index contributed by atoms with van der Waals surface area (Å²) in [5, 5.41) is 12.3. The second-order valence-electron chi connectivity index (χ2n) is 7.53. The van der Waals surface area contributed by atoms with Crippen LogP contribution in [0.4, 0.5) is 21.6 Å². The zero-order valence-corrected chi connectivity index (χ0v) is 18.8. The minimum atomic E-state index is -0.219. The third-order valence-corrected chi connectivity index (χ3v) is 6.36. The number of hydrogen-bond donors (Lipinski definition) is 1. The van der Waals surface area contributed by atoms with Crippen LogP contribution < -0.4 is 15.1 Å². The van der Waals surface area contributed by atoms with Crippen LogP contribution >= 0.6 is 11.8 Å². The van der Waals surface area contributed by atoms with Gasteiger partial charge in [-0.1, -0.05) is 36.9 Å². The molecule has 0 radical (unpaired) electrons. The monoisotopic (exact) mass is 451 g/mol. The molecule has 1 saturated heterocycles. The topological polar surface area (TPSA) is 61.4 Å². The molecule has 1 aliphatic rings. The predicted molar refractivity (Wildman–Crippen MR) is 128 cm³/mol. The molecule has 0 bridgehead atoms. The molecule has 0 unspecified atom stereocenters. The first kappa shape index (κ1) is 22.1. The van der Waals surface area contributed by atoms with Gasteiger partial charge in [0.25, 0.3) is 0 Å². The summed E-state index contributed by atoms with van der Waals surface area (Å²) in [6, 6.07) is 18.3. The van der Waals surface area contributed by atoms with Crippen molar-refractivity contribution in [3.8, 4) is 0 Å². The number of carbonyl (C=O) groups excluding carboxylic acids is 1. The highest BCUT2D eigenvalue weighted by Gasteiger charge is 2.19. The molecular formula is C24H26FN5OS. The number of hydrogen-bond acceptors (Lipinski definition) is 6. The Bertz CT molecular complexity index is 1040. The van der Waals surface area contributed by atoms with E-state index in [4.69, 9.17) is 0 Å². The summed E-state index contributed by atoms with van der Waals surface area (Å²) in [4.78, 5) is 16.8. The van der Waals surface area contributed by atoms with Crippen molar-refractivity contribution in [2.24, 2.45) is 0 Å². The Morgan fingerprint density at radius 1 is 0.969 bits per heavy atom. The van der Waals surface area contributed by atoms with Gasteiger partial charge in [0, 0.05) is 37.6 Å². The van der Waals surface area contributed by atoms with Crippen molar-refractivity contribution in [3.63, 3.8) is 0 Å². The summed E-state index contributed by atoms with van der Waals surface area (Å²) in [5.41, 5.74) is 3.01. The minimum absolute atomic E-state index is 0.0568. The molecule has 1 aromatic heterocycles. The lowest BCUT2D eigenvalue weighted by Crippen LogP contribution is -2.46. The minimum Gasteiger partial charge on any atom is -0.368 e. The van der Waals surface area contributed by atoms with Crippen molar-refractivity contribution in [1.29, 1.82) is 0 Å². The van der Waals surface area contributed by atoms with Crippen molar-refractivity contribution in [2.75, 3.05) is 47.0 Å². The number of piperazine rings is 1. The number of amides is 1. The zero-order chi connectivity index (χ0) is 22.3. The number of halogens is 1. The number of thioether (sulfide) groups is 1. The molecule has 2 aromatic carbocycles. The van der Waals surface area contributed by atoms with Gasteiger partial charge in [0.1, 0.15) is 10.8 Å². The Kier molecular flexibility index (Phi) is 7.21. The number of benzene rings is 2. The van der Waals surface area contributed by atoms with Crippen LogP contribution in [-0.4, -0.2) is 48.0 Å². The highest BCUT2D eigenvalue weighted by Crippen LogP contribution is 2.22. The molecule has 0 atom stereocenters. The highest BCUT2D eigenvalue weighted by atomic mass is 32.2. The number of anilines is 3. The third-order valence-electron chi connectivity index (χ3n) is 5.44. The van der Waals surface area contributed by atoms with E-state index in [1.54, 1.807) is 0 Å². The summed E-state index contributed by atoms with van der Waals surface area (Å²) in [6.45, 7) is 5.38. The van der Waals surface area contributed by atoms with Gasteiger partial charge in [-0.05, 0) is 54.4 Å². The van der Waals surface area contributed by atoms with Crippen LogP contribution in [-0.2, 0) is 11.2 Å². The van der Waals surface area contributed by atoms with Crippen LogP contribution in [0.3, 0.4) is 0 Å². The summed E-state index contributed by atoms with van der Waals surface area (Å²) in [5.74, 6) is 0.833. The largest absolute Gasteiger partial charge is 0.368 e. The van der Waals surface area contributed by atoms with Crippen LogP contribution in [0.15, 0.2) is 65.7 Å². The summed E-state index contributed by atoms with van der Waals surface area (Å²) < 4.78 is 13.1. The quantitative estimate of drug-likeness (QED) is 0.543. The second-order valence-corrected chi connectivity index (χ2v) is 8.52. The molecule has 4 rings (SSSR count). The lowest BCUT2D eigenvalue weighted by molar-refractivity contribution is -0.113. The molecule has 1 fully saturated rings. The SMILES string of the molecule is CCc1ccccc1NC(=O)CSc1ccc(N2CCN(c3ccc(F)cc3)CC2)nn1. The van der Waals surface area contributed by atoms with Crippen molar-refractivity contribution in [3.05, 3.63) is 72.0 Å². The Balaban J connectivity index is 1.26. The van der Waals surface area contributed by atoms with E-state index in [0.717, 1.165) is 60.4 Å². The van der Waals surface area contributed by atoms with Gasteiger partial charge in [-0.2, -0.15) is 0 Å². The van der Waals surface area contributed by atoms with Gasteiger partial charge < -0.3 is 15.1 Å². The van der Waals surface area contributed by atoms with Gasteiger partial charge in [-0.15, -0.1) is 10.2 Å². The second kappa shape index (κ2) is 10.5. The van der Waals surface area contributed by atoms with Crippen LogP contribution in [0, 0.1) is 5.82 Å². The van der Waals surface area contributed by atoms with Crippen LogP contribution in [0.5, 0.6) is 0 Å². The first-order valence-corrected chi connectivity index (χ1v) is 11.7. The molecular weight excluding hydrogens is 425 g/mol. The number of para-hydroxylation sites is 1. The van der Waals surface area contributed by atoms with E-state index < -0.39 is 0 Å². The maximum absolute atomic E-state index is 13.1. The first-order chi connectivity index (χ1) is 15.6. The number of carbonyl (C=O) groups is 1. The molecule has 6 nitrogen and oxygen atoms in total. The fraction of sp³-hybridized carbons (Fsp3) is 0.292. The van der Waals surface area contributed by atoms with Gasteiger partial charge in [-0.3, -0.25) is 4.79 Å². The van der Waals surface area contributed by atoms with E-state index in [9.17, 15) is 9.18 Å². The van der Waals surface area contributed by atoms with E-state index in [-0.39, 0.29) is 17.5 Å². The molecule has 3 aromatic rings. The van der Waals surface area contributed by atoms with E-state index >= 15 is 0 Å². The molecule has 1 aliphatic heterocycles. The fourth-order valence-electron chi connectivity index (χ4n) is 3.68. The first-order valence-electron chi connectivity index (χ1n) is 10.7. The maximum atomic E-state index is 13.1. The van der Waals surface area contributed by atoms with Gasteiger partial charge in [-0.25, -0.2) is 4.39 Å². The third kappa shape index (κ3) is 5.56. The Morgan fingerprint density at radius 3 is 2.38 bits per heavy atom. The van der Waals surface area contributed by atoms with E-state index in [1.165, 1.54) is 23.9 Å². The Hall–Kier alpha value is -3.13. The predicted octanol–water partition coefficient (Wildman–Crippen LogP) is 4.24. The fourth-order valence-corrected chi connectivity index (χ4v) is 4.29. The smallest absolute Gasteiger partial charge is 0.234 e. The Morgan fingerprint density at radius 2 is 1.69 bits per heavy atom. The van der Waals surface area contributed by atoms with Gasteiger partial charge in [0.05, 0.1) is 5.75 Å². The zero-order valence-electron chi connectivity index (χ0n) is 18.0. The molecule has 0 saturated carbocycles. The lowest BCUT2D eigenvalue weighted by atomic mass is 10.1. The van der Waals surface area contributed by atoms with Gasteiger partial charge in [0.15, 0.2) is 5.82 Å². The molecule has 0 spiro atoms. The van der Waals surface area contributed by atoms with Gasteiger partial charge >= 0.3 is 0 Å². The summed E-state index contributed by atoms with van der Waals surface area (Å²) in [6.07, 6.45) is 0.870. The van der Waals surface area contributed by atoms with E-state index in [2.05, 4.69) is 32.2 Å². The van der Waals surface area contributed by atoms with Crippen molar-refractivity contribution < 1.29 is 9.18 Å². The summed E-state index contributed by atoms with van der Waals surface area (Å²) in [7, 11) is 0. The van der Waals surface area contributed by atoms with Crippen molar-refractivity contribution in [2.45, 2.75) is 18.4 Å². The number of aryl methyl sites for hydroxylation is 1. The molecule has 2 heterocycles. The lowest BCUT2D eigenvalue weighted by Gasteiger charge is -2.36. The molecule has 166 valence electrons. The van der Waals surface area contributed by atoms with Crippen LogP contribution in [0.25, 0.3) is 0 Å². The van der Waals surface area contributed by atoms with Crippen LogP contribution in [0.1, 0.15) is 12.5 Å². The van der Waals surface area contributed by atoms with E-state index in [0.29, 0.717) is 0 Å². The molecule has 1 N–H and O–H groups in total. The molecule has 1 amide bonds. The number of aromatic nitrogens is 2. The average Bonchev–Trinajstić information content (AvgIpc) is 2.84.